The zero-order valence-electron chi connectivity index (χ0n) is 14.1. The van der Waals surface area contributed by atoms with Crippen molar-refractivity contribution in [2.24, 2.45) is 11.7 Å². The van der Waals surface area contributed by atoms with Gasteiger partial charge in [-0.25, -0.2) is 0 Å². The monoisotopic (exact) mass is 358 g/mol. The van der Waals surface area contributed by atoms with Crippen molar-refractivity contribution < 1.29 is 22.8 Å². The number of para-hydroxylation sites is 1. The Labute approximate surface area is 143 Å². The number of nitrogens with zero attached hydrogens (tertiary/aromatic N) is 1. The van der Waals surface area contributed by atoms with Crippen LogP contribution in [0.5, 0.6) is 0 Å². The maximum absolute atomic E-state index is 12.5. The van der Waals surface area contributed by atoms with E-state index in [9.17, 15) is 22.8 Å². The van der Waals surface area contributed by atoms with Crippen LogP contribution in [0.15, 0.2) is 41.7 Å². The first-order chi connectivity index (χ1) is 11.6. The minimum Gasteiger partial charge on any atom is -0.393 e. The van der Waals surface area contributed by atoms with Crippen LogP contribution in [0.2, 0.25) is 0 Å². The molecule has 1 atom stereocenters. The molecule has 2 amide bonds. The molecule has 0 aliphatic rings. The molecule has 0 spiro atoms. The number of hydrogen-bond acceptors (Lipinski definition) is 4. The fourth-order valence-electron chi connectivity index (χ4n) is 2.29. The predicted octanol–water partition coefficient (Wildman–Crippen LogP) is 1.67. The van der Waals surface area contributed by atoms with Crippen molar-refractivity contribution in [1.82, 2.24) is 10.2 Å². The third kappa shape index (κ3) is 5.70. The number of carbonyl (C=O) groups is 2. The molecule has 0 heterocycles. The lowest BCUT2D eigenvalue weighted by atomic mass is 10.0. The maximum atomic E-state index is 12.5. The molecule has 1 aromatic carbocycles. The van der Waals surface area contributed by atoms with Crippen molar-refractivity contribution >= 4 is 17.5 Å². The summed E-state index contributed by atoms with van der Waals surface area (Å²) in [6.07, 6.45) is -4.95. The highest BCUT2D eigenvalue weighted by Crippen LogP contribution is 2.20. The highest BCUT2D eigenvalue weighted by Gasteiger charge is 2.41. The Hall–Kier alpha value is -2.71. The van der Waals surface area contributed by atoms with E-state index in [2.05, 4.69) is 10.6 Å². The zero-order chi connectivity index (χ0) is 19.2. The van der Waals surface area contributed by atoms with Gasteiger partial charge < -0.3 is 21.3 Å². The number of carbonyl (C=O) groups excluding carboxylic acids is 2. The predicted molar refractivity (Wildman–Crippen MR) is 88.2 cm³/mol. The molecule has 6 nitrogen and oxygen atoms in total. The van der Waals surface area contributed by atoms with Crippen LogP contribution >= 0.6 is 0 Å². The van der Waals surface area contributed by atoms with Crippen LogP contribution in [-0.2, 0) is 9.59 Å². The molecule has 0 radical (unpaired) electrons. The van der Waals surface area contributed by atoms with E-state index in [-0.39, 0.29) is 17.9 Å². The van der Waals surface area contributed by atoms with Crippen LogP contribution in [0.4, 0.5) is 18.9 Å². The van der Waals surface area contributed by atoms with Crippen molar-refractivity contribution in [3.63, 3.8) is 0 Å². The Balaban J connectivity index is 2.88. The first kappa shape index (κ1) is 20.3. The van der Waals surface area contributed by atoms with Gasteiger partial charge in [0.2, 0.25) is 0 Å². The van der Waals surface area contributed by atoms with E-state index < -0.39 is 23.9 Å². The largest absolute Gasteiger partial charge is 0.471 e. The second-order valence-corrected chi connectivity index (χ2v) is 5.48. The number of amides is 2. The summed E-state index contributed by atoms with van der Waals surface area (Å²) in [6.45, 7) is 1.31. The van der Waals surface area contributed by atoms with Gasteiger partial charge in [-0.2, -0.15) is 13.2 Å². The lowest BCUT2D eigenvalue weighted by molar-refractivity contribution is -0.184. The van der Waals surface area contributed by atoms with Crippen LogP contribution < -0.4 is 16.4 Å². The number of rotatable bonds is 6. The average molecular weight is 358 g/mol. The SMILES string of the molecule is CN/C(=C(/N)C(=O)Nc1ccccc1)C(C)CN(C)C(=O)C(F)(F)F. The third-order valence-corrected chi connectivity index (χ3v) is 3.47. The number of halogens is 3. The summed E-state index contributed by atoms with van der Waals surface area (Å²) in [7, 11) is 2.54. The summed E-state index contributed by atoms with van der Waals surface area (Å²) in [5.74, 6) is -3.16. The molecule has 1 unspecified atom stereocenters. The molecular formula is C16H21F3N4O2. The quantitative estimate of drug-likeness (QED) is 0.675. The molecular weight excluding hydrogens is 337 g/mol. The lowest BCUT2D eigenvalue weighted by Crippen LogP contribution is -2.42. The number of anilines is 1. The smallest absolute Gasteiger partial charge is 0.393 e. The Morgan fingerprint density at radius 1 is 1.24 bits per heavy atom. The van der Waals surface area contributed by atoms with Gasteiger partial charge in [0.25, 0.3) is 5.91 Å². The molecule has 0 aromatic heterocycles. The molecule has 0 bridgehead atoms. The molecule has 1 rings (SSSR count). The van der Waals surface area contributed by atoms with Crippen LogP contribution in [0.3, 0.4) is 0 Å². The third-order valence-electron chi connectivity index (χ3n) is 3.47. The molecule has 1 aromatic rings. The van der Waals surface area contributed by atoms with Gasteiger partial charge in [0.15, 0.2) is 0 Å². The molecule has 25 heavy (non-hydrogen) atoms. The van der Waals surface area contributed by atoms with Crippen molar-refractivity contribution in [3.8, 4) is 0 Å². The van der Waals surface area contributed by atoms with Crippen molar-refractivity contribution in [3.05, 3.63) is 41.7 Å². The lowest BCUT2D eigenvalue weighted by Gasteiger charge is -2.25. The summed E-state index contributed by atoms with van der Waals surface area (Å²) in [4.78, 5) is 24.0. The van der Waals surface area contributed by atoms with Crippen LogP contribution in [0, 0.1) is 5.92 Å². The van der Waals surface area contributed by atoms with Crippen LogP contribution in [0.1, 0.15) is 6.92 Å². The van der Waals surface area contributed by atoms with E-state index in [1.54, 1.807) is 37.3 Å². The van der Waals surface area contributed by atoms with Gasteiger partial charge in [0.1, 0.15) is 5.70 Å². The first-order valence-electron chi connectivity index (χ1n) is 7.44. The van der Waals surface area contributed by atoms with Crippen molar-refractivity contribution in [2.45, 2.75) is 13.1 Å². The number of alkyl halides is 3. The second kappa shape index (κ2) is 8.41. The van der Waals surface area contributed by atoms with Gasteiger partial charge >= 0.3 is 12.1 Å². The molecule has 0 fully saturated rings. The molecule has 138 valence electrons. The van der Waals surface area contributed by atoms with Gasteiger partial charge in [0.05, 0.1) is 0 Å². The number of nitrogens with two attached hydrogens (primary N) is 1. The Morgan fingerprint density at radius 2 is 1.80 bits per heavy atom. The average Bonchev–Trinajstić information content (AvgIpc) is 2.54. The molecule has 0 saturated heterocycles. The van der Waals surface area contributed by atoms with E-state index in [4.69, 9.17) is 5.73 Å². The van der Waals surface area contributed by atoms with Gasteiger partial charge in [-0.15, -0.1) is 0 Å². The normalized spacial score (nSPS) is 13.5. The van der Waals surface area contributed by atoms with Gasteiger partial charge in [-0.1, -0.05) is 25.1 Å². The summed E-state index contributed by atoms with van der Waals surface area (Å²) >= 11 is 0. The number of nitrogens with one attached hydrogen (secondary N) is 2. The van der Waals surface area contributed by atoms with Crippen molar-refractivity contribution in [1.29, 1.82) is 0 Å². The van der Waals surface area contributed by atoms with Gasteiger partial charge in [-0.05, 0) is 12.1 Å². The van der Waals surface area contributed by atoms with E-state index in [1.165, 1.54) is 7.05 Å². The minimum atomic E-state index is -4.95. The van der Waals surface area contributed by atoms with Crippen LogP contribution in [-0.4, -0.2) is 43.5 Å². The van der Waals surface area contributed by atoms with Crippen molar-refractivity contribution in [2.75, 3.05) is 26.0 Å². The fraction of sp³-hybridized carbons (Fsp3) is 0.375. The fourth-order valence-corrected chi connectivity index (χ4v) is 2.29. The van der Waals surface area contributed by atoms with E-state index in [0.717, 1.165) is 7.05 Å². The highest BCUT2D eigenvalue weighted by atomic mass is 19.4. The minimum absolute atomic E-state index is 0.160. The standard InChI is InChI=1S/C16H21F3N4O2/c1-10(9-23(3)15(25)16(17,18)19)13(21-2)12(20)14(24)22-11-7-5-4-6-8-11/h4-8,10,21H,9,20H2,1-3H3,(H,22,24)/b13-12+. The topological polar surface area (TPSA) is 87.5 Å². The Morgan fingerprint density at radius 3 is 2.28 bits per heavy atom. The summed E-state index contributed by atoms with van der Waals surface area (Å²) < 4.78 is 37.4. The zero-order valence-corrected chi connectivity index (χ0v) is 14.1. The van der Waals surface area contributed by atoms with Crippen LogP contribution in [0.25, 0.3) is 0 Å². The summed E-state index contributed by atoms with van der Waals surface area (Å²) in [5, 5.41) is 5.32. The molecule has 0 aliphatic carbocycles. The molecule has 4 N–H and O–H groups in total. The molecule has 0 aliphatic heterocycles. The highest BCUT2D eigenvalue weighted by molar-refractivity contribution is 6.03. The Bertz CT molecular complexity index is 645. The molecule has 0 saturated carbocycles. The maximum Gasteiger partial charge on any atom is 0.471 e. The summed E-state index contributed by atoms with van der Waals surface area (Å²) in [6, 6.07) is 8.58. The second-order valence-electron chi connectivity index (χ2n) is 5.48. The van der Waals surface area contributed by atoms with Gasteiger partial charge in [0, 0.05) is 37.9 Å². The molecule has 9 heteroatoms. The van der Waals surface area contributed by atoms with Gasteiger partial charge in [-0.3, -0.25) is 9.59 Å². The van der Waals surface area contributed by atoms with E-state index in [0.29, 0.717) is 10.6 Å². The summed E-state index contributed by atoms with van der Waals surface area (Å²) in [5.41, 5.74) is 6.45. The van der Waals surface area contributed by atoms with E-state index >= 15 is 0 Å². The Kier molecular flexibility index (Phi) is 6.84. The van der Waals surface area contributed by atoms with E-state index in [1.807, 2.05) is 0 Å². The number of benzene rings is 1. The first-order valence-corrected chi connectivity index (χ1v) is 7.44. The number of hydrogen-bond donors (Lipinski definition) is 3.